The van der Waals surface area contributed by atoms with E-state index in [0.717, 1.165) is 5.69 Å². The van der Waals surface area contributed by atoms with Crippen molar-refractivity contribution in [3.05, 3.63) is 41.7 Å². The van der Waals surface area contributed by atoms with Gasteiger partial charge >= 0.3 is 0 Å². The molecule has 0 spiro atoms. The van der Waals surface area contributed by atoms with Crippen molar-refractivity contribution in [2.45, 2.75) is 6.92 Å². The topological polar surface area (TPSA) is 103 Å². The van der Waals surface area contributed by atoms with Gasteiger partial charge in [-0.05, 0) is 12.1 Å². The lowest BCUT2D eigenvalue weighted by atomic mass is 10.2. The third kappa shape index (κ3) is 4.65. The molecule has 6 nitrogen and oxygen atoms in total. The van der Waals surface area contributed by atoms with Crippen LogP contribution in [-0.2, 0) is 4.79 Å². The van der Waals surface area contributed by atoms with E-state index in [-0.39, 0.29) is 22.3 Å². The highest BCUT2D eigenvalue weighted by molar-refractivity contribution is 7.81. The van der Waals surface area contributed by atoms with Crippen LogP contribution in [0.1, 0.15) is 6.92 Å². The Labute approximate surface area is 116 Å². The smallest absolute Gasteiger partial charge is 0.235 e. The second-order valence-electron chi connectivity index (χ2n) is 3.53. The lowest BCUT2D eigenvalue weighted by Gasteiger charge is -2.11. The van der Waals surface area contributed by atoms with Gasteiger partial charge in [0.1, 0.15) is 22.5 Å². The highest BCUT2D eigenvalue weighted by Gasteiger charge is 2.10. The quantitative estimate of drug-likeness (QED) is 0.280. The molecule has 0 aromatic heterocycles. The number of anilines is 1. The summed E-state index contributed by atoms with van der Waals surface area (Å²) in [5.41, 5.74) is 11.1. The van der Waals surface area contributed by atoms with Crippen LogP contribution in [-0.4, -0.2) is 10.9 Å². The van der Waals surface area contributed by atoms with Crippen LogP contribution in [0.15, 0.2) is 41.7 Å². The average molecular weight is 275 g/mol. The maximum absolute atomic E-state index is 10.7. The van der Waals surface area contributed by atoms with Gasteiger partial charge in [0, 0.05) is 12.6 Å². The van der Waals surface area contributed by atoms with Gasteiger partial charge in [0.15, 0.2) is 0 Å². The fourth-order valence-corrected chi connectivity index (χ4v) is 1.44. The molecule has 0 saturated carbocycles. The van der Waals surface area contributed by atoms with Crippen molar-refractivity contribution in [1.82, 2.24) is 10.9 Å². The summed E-state index contributed by atoms with van der Waals surface area (Å²) in [5.74, 6) is -0.353. The van der Waals surface area contributed by atoms with Crippen LogP contribution in [0, 0.1) is 11.3 Å². The molecule has 0 radical (unpaired) electrons. The standard InChI is InChI=1S/C12H13N5OS/c1-8(18)16-17-11(14)10(7-13)12(19)15-9-5-3-2-4-6-9/h2-6,17H,14H2,1H3,(H,15,19)(H,16,18)/b11-10-. The van der Waals surface area contributed by atoms with Crippen molar-refractivity contribution in [2.24, 2.45) is 5.73 Å². The molecular formula is C12H13N5OS. The summed E-state index contributed by atoms with van der Waals surface area (Å²) in [4.78, 5) is 10.9. The molecule has 0 saturated heterocycles. The molecule has 0 atom stereocenters. The number of para-hydroxylation sites is 1. The number of nitriles is 1. The molecule has 7 heteroatoms. The molecule has 0 aliphatic carbocycles. The molecule has 0 unspecified atom stereocenters. The van der Waals surface area contributed by atoms with Gasteiger partial charge in [-0.2, -0.15) is 5.26 Å². The molecule has 19 heavy (non-hydrogen) atoms. The van der Waals surface area contributed by atoms with Crippen LogP contribution in [0.4, 0.5) is 5.69 Å². The number of benzene rings is 1. The van der Waals surface area contributed by atoms with Crippen LogP contribution in [0.5, 0.6) is 0 Å². The van der Waals surface area contributed by atoms with Crippen LogP contribution >= 0.6 is 12.2 Å². The summed E-state index contributed by atoms with van der Waals surface area (Å²) in [7, 11) is 0. The van der Waals surface area contributed by atoms with E-state index < -0.39 is 0 Å². The number of carbonyl (C=O) groups is 1. The van der Waals surface area contributed by atoms with E-state index in [1.54, 1.807) is 12.1 Å². The Morgan fingerprint density at radius 1 is 1.32 bits per heavy atom. The molecule has 0 heterocycles. The first-order chi connectivity index (χ1) is 9.04. The van der Waals surface area contributed by atoms with E-state index in [0.29, 0.717) is 0 Å². The predicted molar refractivity (Wildman–Crippen MR) is 76.4 cm³/mol. The van der Waals surface area contributed by atoms with Gasteiger partial charge in [0.2, 0.25) is 5.91 Å². The van der Waals surface area contributed by atoms with Crippen molar-refractivity contribution < 1.29 is 4.79 Å². The molecule has 1 rings (SSSR count). The van der Waals surface area contributed by atoms with Gasteiger partial charge in [0.25, 0.3) is 0 Å². The zero-order valence-electron chi connectivity index (χ0n) is 10.2. The normalized spacial score (nSPS) is 10.7. The Kier molecular flexibility index (Phi) is 5.32. The molecule has 98 valence electrons. The van der Waals surface area contributed by atoms with Gasteiger partial charge in [-0.3, -0.25) is 15.6 Å². The van der Waals surface area contributed by atoms with E-state index >= 15 is 0 Å². The third-order valence-electron chi connectivity index (χ3n) is 2.01. The van der Waals surface area contributed by atoms with Gasteiger partial charge < -0.3 is 11.1 Å². The number of rotatable bonds is 4. The average Bonchev–Trinajstić information content (AvgIpc) is 2.38. The zero-order valence-corrected chi connectivity index (χ0v) is 11.0. The second-order valence-corrected chi connectivity index (χ2v) is 3.94. The SMILES string of the molecule is CC(=O)NN/C(N)=C(/C#N)C(=S)Nc1ccccc1. The van der Waals surface area contributed by atoms with Crippen molar-refractivity contribution in [1.29, 1.82) is 5.26 Å². The molecule has 0 aliphatic heterocycles. The van der Waals surface area contributed by atoms with Crippen molar-refractivity contribution in [3.8, 4) is 6.07 Å². The van der Waals surface area contributed by atoms with E-state index in [4.69, 9.17) is 23.2 Å². The minimum Gasteiger partial charge on any atom is -0.383 e. The van der Waals surface area contributed by atoms with E-state index in [2.05, 4.69) is 16.2 Å². The number of hydrogen-bond acceptors (Lipinski definition) is 5. The highest BCUT2D eigenvalue weighted by atomic mass is 32.1. The molecule has 0 aliphatic rings. The number of carbonyl (C=O) groups excluding carboxylic acids is 1. The summed E-state index contributed by atoms with van der Waals surface area (Å²) in [5, 5.41) is 11.9. The highest BCUT2D eigenvalue weighted by Crippen LogP contribution is 2.08. The molecule has 1 aromatic carbocycles. The van der Waals surface area contributed by atoms with Crippen LogP contribution in [0.25, 0.3) is 0 Å². The predicted octanol–water partition coefficient (Wildman–Crippen LogP) is 0.760. The molecule has 1 amide bonds. The van der Waals surface area contributed by atoms with Gasteiger partial charge in [-0.15, -0.1) is 0 Å². The number of nitrogens with zero attached hydrogens (tertiary/aromatic N) is 1. The van der Waals surface area contributed by atoms with Crippen molar-refractivity contribution in [3.63, 3.8) is 0 Å². The Hall–Kier alpha value is -2.59. The largest absolute Gasteiger partial charge is 0.383 e. The Balaban J connectivity index is 2.79. The lowest BCUT2D eigenvalue weighted by molar-refractivity contribution is -0.119. The lowest BCUT2D eigenvalue weighted by Crippen LogP contribution is -2.39. The minimum atomic E-state index is -0.331. The van der Waals surface area contributed by atoms with E-state index in [9.17, 15) is 4.79 Å². The summed E-state index contributed by atoms with van der Waals surface area (Å²) in [6.45, 7) is 1.31. The summed E-state index contributed by atoms with van der Waals surface area (Å²) >= 11 is 5.09. The van der Waals surface area contributed by atoms with E-state index in [1.165, 1.54) is 6.92 Å². The molecule has 1 aromatic rings. The molecule has 0 fully saturated rings. The fourth-order valence-electron chi connectivity index (χ4n) is 1.17. The summed E-state index contributed by atoms with van der Waals surface area (Å²) in [6.07, 6.45) is 0. The first kappa shape index (κ1) is 14.5. The van der Waals surface area contributed by atoms with E-state index in [1.807, 2.05) is 24.3 Å². The Morgan fingerprint density at radius 3 is 2.47 bits per heavy atom. The Morgan fingerprint density at radius 2 is 1.95 bits per heavy atom. The second kappa shape index (κ2) is 6.98. The number of hydrogen-bond donors (Lipinski definition) is 4. The maximum atomic E-state index is 10.7. The van der Waals surface area contributed by atoms with Gasteiger partial charge in [0.05, 0.1) is 0 Å². The number of hydrazine groups is 1. The minimum absolute atomic E-state index is 0.0221. The van der Waals surface area contributed by atoms with Crippen LogP contribution < -0.4 is 21.9 Å². The van der Waals surface area contributed by atoms with Crippen LogP contribution in [0.2, 0.25) is 0 Å². The van der Waals surface area contributed by atoms with Crippen molar-refractivity contribution >= 4 is 28.8 Å². The maximum Gasteiger partial charge on any atom is 0.235 e. The Bertz CT molecular complexity index is 547. The number of thiocarbonyl (C=S) groups is 1. The fraction of sp³-hybridized carbons (Fsp3) is 0.0833. The summed E-state index contributed by atoms with van der Waals surface area (Å²) < 4.78 is 0. The molecule has 5 N–H and O–H groups in total. The molecular weight excluding hydrogens is 262 g/mol. The number of amides is 1. The molecule has 0 bridgehead atoms. The zero-order chi connectivity index (χ0) is 14.3. The summed E-state index contributed by atoms with van der Waals surface area (Å²) in [6, 6.07) is 11.0. The van der Waals surface area contributed by atoms with Crippen molar-refractivity contribution in [2.75, 3.05) is 5.32 Å². The van der Waals surface area contributed by atoms with Crippen LogP contribution in [0.3, 0.4) is 0 Å². The monoisotopic (exact) mass is 275 g/mol. The third-order valence-corrected chi connectivity index (χ3v) is 2.32. The van der Waals surface area contributed by atoms with Gasteiger partial charge in [-0.1, -0.05) is 30.4 Å². The first-order valence-corrected chi connectivity index (χ1v) is 5.74. The first-order valence-electron chi connectivity index (χ1n) is 5.33. The number of nitrogens with one attached hydrogen (secondary N) is 3. The number of nitrogens with two attached hydrogens (primary N) is 1. The van der Waals surface area contributed by atoms with Gasteiger partial charge in [-0.25, -0.2) is 0 Å².